The monoisotopic (exact) mass is 267 g/mol. The van der Waals surface area contributed by atoms with E-state index in [0.29, 0.717) is 11.1 Å². The molecule has 1 aromatic carbocycles. The Bertz CT molecular complexity index is 631. The van der Waals surface area contributed by atoms with Gasteiger partial charge in [0.1, 0.15) is 5.52 Å². The van der Waals surface area contributed by atoms with Crippen LogP contribution in [0, 0.1) is 6.92 Å². The van der Waals surface area contributed by atoms with E-state index < -0.39 is 12.0 Å². The number of nitrogens with zero attached hydrogens (tertiary/aromatic N) is 1. The van der Waals surface area contributed by atoms with Crippen molar-refractivity contribution in [1.82, 2.24) is 10.4 Å². The average Bonchev–Trinajstić information content (AvgIpc) is 2.38. The van der Waals surface area contributed by atoms with Crippen LogP contribution < -0.4 is 16.0 Å². The van der Waals surface area contributed by atoms with Crippen molar-refractivity contribution in [3.63, 3.8) is 0 Å². The van der Waals surface area contributed by atoms with Crippen LogP contribution in [0.4, 0.5) is 8.78 Å². The van der Waals surface area contributed by atoms with E-state index in [1.807, 2.05) is 0 Å². The number of aryl methyl sites for hydroxylation is 1. The molecule has 0 aliphatic rings. The number of pyridine rings is 1. The van der Waals surface area contributed by atoms with Crippen LogP contribution in [-0.2, 0) is 4.79 Å². The van der Waals surface area contributed by atoms with Crippen LogP contribution in [0.2, 0.25) is 0 Å². The molecule has 3 N–H and O–H groups in total. The van der Waals surface area contributed by atoms with E-state index >= 15 is 0 Å². The third-order valence-corrected chi connectivity index (χ3v) is 2.46. The Kier molecular flexibility index (Phi) is 3.30. The van der Waals surface area contributed by atoms with Crippen LogP contribution in [-0.4, -0.2) is 17.0 Å². The Balaban J connectivity index is 2.46. The molecule has 1 amide bonds. The van der Waals surface area contributed by atoms with Gasteiger partial charge in [-0.15, -0.1) is 0 Å². The first-order chi connectivity index (χ1) is 8.94. The Hall–Kier alpha value is -2.28. The molecule has 0 saturated heterocycles. The van der Waals surface area contributed by atoms with Gasteiger partial charge in [0.25, 0.3) is 0 Å². The fourth-order valence-electron chi connectivity index (χ4n) is 1.57. The number of hydrazine groups is 1. The number of hydrogen-bond donors (Lipinski definition) is 2. The second-order valence-electron chi connectivity index (χ2n) is 3.87. The Labute approximate surface area is 107 Å². The summed E-state index contributed by atoms with van der Waals surface area (Å²) in [6.45, 7) is 1.72. The summed E-state index contributed by atoms with van der Waals surface area (Å²) in [4.78, 5) is 15.0. The highest BCUT2D eigenvalue weighted by Gasteiger charge is 2.42. The standard InChI is InChI=1S/C12H11F2N3O2/c1-7-5-6-8-3-2-4-9(10(8)16-7)19-12(13,14)11(18)17-15/h2-6H,15H2,1H3,(H,17,18). The molecule has 0 aliphatic heterocycles. The first-order valence-electron chi connectivity index (χ1n) is 5.38. The van der Waals surface area contributed by atoms with Crippen molar-refractivity contribution < 1.29 is 18.3 Å². The molecule has 100 valence electrons. The number of fused-ring (bicyclic) bond motifs is 1. The third kappa shape index (κ3) is 2.60. The summed E-state index contributed by atoms with van der Waals surface area (Å²) >= 11 is 0. The van der Waals surface area contributed by atoms with E-state index in [9.17, 15) is 13.6 Å². The van der Waals surface area contributed by atoms with Gasteiger partial charge in [-0.2, -0.15) is 8.78 Å². The largest absolute Gasteiger partial charge is 0.483 e. The molecule has 5 nitrogen and oxygen atoms in total. The predicted octanol–water partition coefficient (Wildman–Crippen LogP) is 1.50. The van der Waals surface area contributed by atoms with Gasteiger partial charge in [-0.1, -0.05) is 18.2 Å². The summed E-state index contributed by atoms with van der Waals surface area (Å²) in [6.07, 6.45) is -4.06. The number of nitrogens with one attached hydrogen (secondary N) is 1. The lowest BCUT2D eigenvalue weighted by Crippen LogP contribution is -2.47. The van der Waals surface area contributed by atoms with Gasteiger partial charge in [0.05, 0.1) is 0 Å². The van der Waals surface area contributed by atoms with Gasteiger partial charge in [-0.25, -0.2) is 10.8 Å². The molecule has 0 radical (unpaired) electrons. The van der Waals surface area contributed by atoms with Gasteiger partial charge < -0.3 is 4.74 Å². The SMILES string of the molecule is Cc1ccc2cccc(OC(F)(F)C(=O)NN)c2n1. The zero-order chi connectivity index (χ0) is 14.0. The normalized spacial score (nSPS) is 11.4. The number of hydrogen-bond acceptors (Lipinski definition) is 4. The third-order valence-electron chi connectivity index (χ3n) is 2.46. The zero-order valence-corrected chi connectivity index (χ0v) is 9.98. The van der Waals surface area contributed by atoms with Gasteiger partial charge in [0, 0.05) is 11.1 Å². The van der Waals surface area contributed by atoms with Crippen LogP contribution >= 0.6 is 0 Å². The molecule has 0 spiro atoms. The molecule has 0 unspecified atom stereocenters. The first kappa shape index (κ1) is 13.2. The predicted molar refractivity (Wildman–Crippen MR) is 64.4 cm³/mol. The number of nitrogens with two attached hydrogens (primary N) is 1. The van der Waals surface area contributed by atoms with Crippen LogP contribution in [0.3, 0.4) is 0 Å². The minimum absolute atomic E-state index is 0.185. The minimum atomic E-state index is -4.06. The van der Waals surface area contributed by atoms with Gasteiger partial charge in [0.2, 0.25) is 0 Å². The van der Waals surface area contributed by atoms with Crippen LogP contribution in [0.15, 0.2) is 30.3 Å². The van der Waals surface area contributed by atoms with Crippen molar-refractivity contribution in [1.29, 1.82) is 0 Å². The molecule has 7 heteroatoms. The quantitative estimate of drug-likeness (QED) is 0.502. The maximum atomic E-state index is 13.4. The first-order valence-corrected chi connectivity index (χ1v) is 5.38. The zero-order valence-electron chi connectivity index (χ0n) is 9.98. The molecule has 19 heavy (non-hydrogen) atoms. The number of carbonyl (C=O) groups excluding carboxylic acids is 1. The fourth-order valence-corrected chi connectivity index (χ4v) is 1.57. The van der Waals surface area contributed by atoms with Gasteiger partial charge in [-0.05, 0) is 19.1 Å². The van der Waals surface area contributed by atoms with Crippen molar-refractivity contribution in [2.45, 2.75) is 13.0 Å². The molecule has 0 fully saturated rings. The Morgan fingerprint density at radius 1 is 1.37 bits per heavy atom. The number of ether oxygens (including phenoxy) is 1. The van der Waals surface area contributed by atoms with Gasteiger partial charge >= 0.3 is 12.0 Å². The fraction of sp³-hybridized carbons (Fsp3) is 0.167. The van der Waals surface area contributed by atoms with Crippen molar-refractivity contribution >= 4 is 16.8 Å². The van der Waals surface area contributed by atoms with Crippen molar-refractivity contribution in [3.8, 4) is 5.75 Å². The van der Waals surface area contributed by atoms with Crippen molar-refractivity contribution in [2.75, 3.05) is 0 Å². The smallest absolute Gasteiger partial charge is 0.423 e. The van der Waals surface area contributed by atoms with E-state index in [1.165, 1.54) is 17.6 Å². The molecule has 0 saturated carbocycles. The lowest BCUT2D eigenvalue weighted by Gasteiger charge is -2.16. The summed E-state index contributed by atoms with van der Waals surface area (Å²) in [7, 11) is 0. The highest BCUT2D eigenvalue weighted by Crippen LogP contribution is 2.28. The number of amides is 1. The van der Waals surface area contributed by atoms with Crippen LogP contribution in [0.1, 0.15) is 5.69 Å². The van der Waals surface area contributed by atoms with Gasteiger partial charge in [-0.3, -0.25) is 10.2 Å². The second kappa shape index (κ2) is 4.77. The van der Waals surface area contributed by atoms with E-state index in [1.54, 1.807) is 25.1 Å². The summed E-state index contributed by atoms with van der Waals surface area (Å²) in [5, 5.41) is 0.632. The number of alkyl halides is 2. The topological polar surface area (TPSA) is 77.2 Å². The average molecular weight is 267 g/mol. The molecular weight excluding hydrogens is 256 g/mol. The lowest BCUT2D eigenvalue weighted by atomic mass is 10.2. The van der Waals surface area contributed by atoms with Gasteiger partial charge in [0.15, 0.2) is 5.75 Å². The Morgan fingerprint density at radius 3 is 2.79 bits per heavy atom. The van der Waals surface area contributed by atoms with Crippen molar-refractivity contribution in [2.24, 2.45) is 5.84 Å². The van der Waals surface area contributed by atoms with E-state index in [0.717, 1.165) is 0 Å². The highest BCUT2D eigenvalue weighted by molar-refractivity contribution is 5.86. The molecule has 0 atom stereocenters. The Morgan fingerprint density at radius 2 is 2.11 bits per heavy atom. The maximum absolute atomic E-state index is 13.4. The lowest BCUT2D eigenvalue weighted by molar-refractivity contribution is -0.192. The maximum Gasteiger partial charge on any atom is 0.483 e. The summed E-state index contributed by atoms with van der Waals surface area (Å²) < 4.78 is 31.2. The molecule has 2 rings (SSSR count). The highest BCUT2D eigenvalue weighted by atomic mass is 19.3. The summed E-state index contributed by atoms with van der Waals surface area (Å²) in [5.74, 6) is 2.76. The molecule has 1 heterocycles. The summed E-state index contributed by atoms with van der Waals surface area (Å²) in [5.41, 5.74) is 2.26. The van der Waals surface area contributed by atoms with E-state index in [-0.39, 0.29) is 11.3 Å². The molecule has 0 aliphatic carbocycles. The second-order valence-corrected chi connectivity index (χ2v) is 3.87. The molecule has 1 aromatic heterocycles. The van der Waals surface area contributed by atoms with E-state index in [2.05, 4.69) is 15.6 Å². The summed E-state index contributed by atoms with van der Waals surface area (Å²) in [6, 6.07) is 8.02. The number of carbonyl (C=O) groups is 1. The minimum Gasteiger partial charge on any atom is -0.423 e. The number of benzene rings is 1. The molecular formula is C12H11F2N3O2. The van der Waals surface area contributed by atoms with Crippen LogP contribution in [0.5, 0.6) is 5.75 Å². The van der Waals surface area contributed by atoms with Crippen LogP contribution in [0.25, 0.3) is 10.9 Å². The molecule has 2 aromatic rings. The number of para-hydroxylation sites is 1. The van der Waals surface area contributed by atoms with Crippen molar-refractivity contribution in [3.05, 3.63) is 36.0 Å². The number of rotatable bonds is 3. The van der Waals surface area contributed by atoms with E-state index in [4.69, 9.17) is 0 Å². The number of aromatic nitrogens is 1. The number of halogens is 2. The molecule has 0 bridgehead atoms.